The Kier molecular flexibility index (Phi) is 3.66. The van der Waals surface area contributed by atoms with Gasteiger partial charge in [-0.25, -0.2) is 5.06 Å². The maximum absolute atomic E-state index is 6.53. The first-order valence-corrected chi connectivity index (χ1v) is 9.99. The monoisotopic (exact) mass is 381 g/mol. The zero-order chi connectivity index (χ0) is 18.8. The number of hydroxylamine groups is 1. The molecule has 0 N–H and O–H groups in total. The lowest BCUT2D eigenvalue weighted by Crippen LogP contribution is -2.52. The summed E-state index contributed by atoms with van der Waals surface area (Å²) in [6.45, 7) is 6.61. The molecule has 2 fully saturated rings. The van der Waals surface area contributed by atoms with Crippen LogP contribution in [0, 0.1) is 5.92 Å². The third kappa shape index (κ3) is 2.60. The van der Waals surface area contributed by atoms with E-state index in [1.165, 1.54) is 5.57 Å². The molecule has 2 heterocycles. The van der Waals surface area contributed by atoms with Gasteiger partial charge in [-0.1, -0.05) is 29.8 Å². The highest BCUT2D eigenvalue weighted by molar-refractivity contribution is 6.30. The zero-order valence-electron chi connectivity index (χ0n) is 15.9. The van der Waals surface area contributed by atoms with Gasteiger partial charge >= 0.3 is 0 Å². The predicted octanol–water partition coefficient (Wildman–Crippen LogP) is 5.88. The van der Waals surface area contributed by atoms with Crippen LogP contribution in [0.5, 0.6) is 5.75 Å². The molecular weight excluding hydrogens is 358 g/mol. The number of para-hydroxylation sites is 1. The highest BCUT2D eigenvalue weighted by Crippen LogP contribution is 2.54. The zero-order valence-corrected chi connectivity index (χ0v) is 16.7. The first-order chi connectivity index (χ1) is 12.9. The Balaban J connectivity index is 1.66. The largest absolute Gasteiger partial charge is 0.482 e. The summed E-state index contributed by atoms with van der Waals surface area (Å²) < 4.78 is 6.53. The van der Waals surface area contributed by atoms with Gasteiger partial charge < -0.3 is 4.74 Å². The summed E-state index contributed by atoms with van der Waals surface area (Å²) in [7, 11) is 0. The minimum absolute atomic E-state index is 0.147. The molecule has 2 aromatic rings. The number of halogens is 1. The van der Waals surface area contributed by atoms with E-state index in [4.69, 9.17) is 21.2 Å². The van der Waals surface area contributed by atoms with Crippen molar-refractivity contribution < 1.29 is 9.57 Å². The van der Waals surface area contributed by atoms with Crippen molar-refractivity contribution in [1.82, 2.24) is 0 Å². The van der Waals surface area contributed by atoms with Crippen molar-refractivity contribution in [2.24, 2.45) is 5.92 Å². The lowest BCUT2D eigenvalue weighted by atomic mass is 9.67. The van der Waals surface area contributed by atoms with Crippen LogP contribution in [-0.2, 0) is 4.84 Å². The standard InChI is InChI=1S/C23H24ClNO2/c1-22(2)18-11-12-23(3)19(14-15-13-16(24)9-10-20(15)26-23)21(18)25(27-22)17-7-5-4-6-8-17/h4-10,13-14,18,21H,11-12H2,1-3H3/t18-,21+,23-/m0/s1. The molecule has 0 unspecified atom stereocenters. The quantitative estimate of drug-likeness (QED) is 0.615. The topological polar surface area (TPSA) is 21.7 Å². The summed E-state index contributed by atoms with van der Waals surface area (Å²) in [6.07, 6.45) is 4.33. The second-order valence-electron chi connectivity index (χ2n) is 8.56. The molecule has 27 heavy (non-hydrogen) atoms. The van der Waals surface area contributed by atoms with Gasteiger partial charge in [-0.15, -0.1) is 0 Å². The van der Waals surface area contributed by atoms with Gasteiger partial charge in [0.2, 0.25) is 0 Å². The van der Waals surface area contributed by atoms with Crippen molar-refractivity contribution in [2.45, 2.75) is 50.9 Å². The number of fused-ring (bicyclic) bond motifs is 4. The molecule has 0 aromatic heterocycles. The number of benzene rings is 2. The molecule has 2 aromatic carbocycles. The van der Waals surface area contributed by atoms with Gasteiger partial charge in [0.05, 0.1) is 17.3 Å². The van der Waals surface area contributed by atoms with Crippen LogP contribution in [0.1, 0.15) is 39.2 Å². The number of ether oxygens (including phenoxy) is 1. The summed E-state index contributed by atoms with van der Waals surface area (Å²) in [5.41, 5.74) is 2.87. The maximum atomic E-state index is 6.53. The minimum atomic E-state index is -0.321. The van der Waals surface area contributed by atoms with E-state index in [2.05, 4.69) is 56.2 Å². The molecule has 0 bridgehead atoms. The van der Waals surface area contributed by atoms with Gasteiger partial charge in [0.1, 0.15) is 11.4 Å². The van der Waals surface area contributed by atoms with E-state index < -0.39 is 0 Å². The lowest BCUT2D eigenvalue weighted by molar-refractivity contribution is -0.0100. The normalized spacial score (nSPS) is 30.7. The number of rotatable bonds is 1. The van der Waals surface area contributed by atoms with E-state index in [1.807, 2.05) is 24.3 Å². The third-order valence-corrected chi connectivity index (χ3v) is 6.59. The number of nitrogens with zero attached hydrogens (tertiary/aromatic N) is 1. The summed E-state index contributed by atoms with van der Waals surface area (Å²) in [5, 5.41) is 2.83. The van der Waals surface area contributed by atoms with Gasteiger partial charge in [0.15, 0.2) is 0 Å². The van der Waals surface area contributed by atoms with E-state index in [1.54, 1.807) is 0 Å². The number of anilines is 1. The Morgan fingerprint density at radius 2 is 1.85 bits per heavy atom. The predicted molar refractivity (Wildman–Crippen MR) is 109 cm³/mol. The average Bonchev–Trinajstić information content (AvgIpc) is 2.92. The van der Waals surface area contributed by atoms with Gasteiger partial charge in [0, 0.05) is 16.5 Å². The Morgan fingerprint density at radius 3 is 2.63 bits per heavy atom. The molecule has 0 amide bonds. The van der Waals surface area contributed by atoms with Crippen LogP contribution < -0.4 is 9.80 Å². The van der Waals surface area contributed by atoms with Crippen molar-refractivity contribution in [3.8, 4) is 5.75 Å². The van der Waals surface area contributed by atoms with Gasteiger partial charge in [-0.2, -0.15) is 0 Å². The van der Waals surface area contributed by atoms with E-state index >= 15 is 0 Å². The van der Waals surface area contributed by atoms with E-state index in [9.17, 15) is 0 Å². The van der Waals surface area contributed by atoms with E-state index in [-0.39, 0.29) is 17.2 Å². The third-order valence-electron chi connectivity index (χ3n) is 6.35. The highest BCUT2D eigenvalue weighted by Gasteiger charge is 2.57. The molecule has 1 saturated carbocycles. The summed E-state index contributed by atoms with van der Waals surface area (Å²) in [6, 6.07) is 16.4. The first kappa shape index (κ1) is 17.2. The Labute approximate surface area is 165 Å². The van der Waals surface area contributed by atoms with Crippen molar-refractivity contribution in [3.63, 3.8) is 0 Å². The van der Waals surface area contributed by atoms with Crippen LogP contribution >= 0.6 is 11.6 Å². The molecule has 1 aliphatic carbocycles. The molecule has 0 radical (unpaired) electrons. The molecule has 3 nitrogen and oxygen atoms in total. The van der Waals surface area contributed by atoms with Crippen LogP contribution in [0.25, 0.3) is 6.08 Å². The van der Waals surface area contributed by atoms with Crippen LogP contribution in [-0.4, -0.2) is 17.2 Å². The molecule has 2 aliphatic heterocycles. The average molecular weight is 382 g/mol. The van der Waals surface area contributed by atoms with E-state index in [0.29, 0.717) is 5.92 Å². The molecule has 3 atom stereocenters. The highest BCUT2D eigenvalue weighted by atomic mass is 35.5. The second kappa shape index (κ2) is 5.76. The summed E-state index contributed by atoms with van der Waals surface area (Å²) in [5.74, 6) is 1.31. The van der Waals surface area contributed by atoms with Crippen LogP contribution in [0.2, 0.25) is 5.02 Å². The minimum Gasteiger partial charge on any atom is -0.482 e. The Morgan fingerprint density at radius 1 is 1.07 bits per heavy atom. The number of hydrogen-bond acceptors (Lipinski definition) is 3. The lowest BCUT2D eigenvalue weighted by Gasteiger charge is -2.47. The molecule has 140 valence electrons. The van der Waals surface area contributed by atoms with Crippen molar-refractivity contribution in [3.05, 3.63) is 64.7 Å². The fourth-order valence-corrected chi connectivity index (χ4v) is 5.11. The fraction of sp³-hybridized carbons (Fsp3) is 0.391. The second-order valence-corrected chi connectivity index (χ2v) is 9.00. The van der Waals surface area contributed by atoms with Crippen LogP contribution in [0.3, 0.4) is 0 Å². The SMILES string of the molecule is CC1(C)ON(c2ccccc2)[C@H]2C3=Cc4cc(Cl)ccc4O[C@@]3(C)CC[C@@H]21. The maximum Gasteiger partial charge on any atom is 0.130 e. The fourth-order valence-electron chi connectivity index (χ4n) is 4.93. The van der Waals surface area contributed by atoms with Crippen molar-refractivity contribution >= 4 is 23.4 Å². The van der Waals surface area contributed by atoms with Crippen molar-refractivity contribution in [1.29, 1.82) is 0 Å². The van der Waals surface area contributed by atoms with Crippen LogP contribution in [0.4, 0.5) is 5.69 Å². The Bertz CT molecular complexity index is 923. The molecule has 4 heteroatoms. The number of hydrogen-bond donors (Lipinski definition) is 0. The Hall–Kier alpha value is -1.97. The summed E-state index contributed by atoms with van der Waals surface area (Å²) in [4.78, 5) is 6.50. The molecule has 0 spiro atoms. The van der Waals surface area contributed by atoms with Gasteiger partial charge in [0.25, 0.3) is 0 Å². The van der Waals surface area contributed by atoms with Gasteiger partial charge in [-0.3, -0.25) is 4.84 Å². The van der Waals surface area contributed by atoms with Gasteiger partial charge in [-0.05, 0) is 75.6 Å². The summed E-state index contributed by atoms with van der Waals surface area (Å²) >= 11 is 6.25. The molecular formula is C23H24ClNO2. The first-order valence-electron chi connectivity index (χ1n) is 9.61. The molecule has 1 saturated heterocycles. The smallest absolute Gasteiger partial charge is 0.130 e. The van der Waals surface area contributed by atoms with Crippen LogP contribution in [0.15, 0.2) is 54.1 Å². The molecule has 3 aliphatic rings. The molecule has 5 rings (SSSR count). The van der Waals surface area contributed by atoms with Crippen molar-refractivity contribution in [2.75, 3.05) is 5.06 Å². The van der Waals surface area contributed by atoms with E-state index in [0.717, 1.165) is 34.9 Å².